The first-order valence-electron chi connectivity index (χ1n) is 1.88. The van der Waals surface area contributed by atoms with E-state index >= 15 is 0 Å². The van der Waals surface area contributed by atoms with Crippen molar-refractivity contribution in [3.8, 4) is 0 Å². The Bertz CT molecular complexity index is 106. The van der Waals surface area contributed by atoms with Gasteiger partial charge in [-0.1, -0.05) is 95.6 Å². The smallest absolute Gasteiger partial charge is 0.0675 e. The molecule has 0 aromatic heterocycles. The second-order valence-electron chi connectivity index (χ2n) is 1.72. The molecule has 9 heavy (non-hydrogen) atoms. The molecule has 0 aromatic rings. The van der Waals surface area contributed by atoms with Gasteiger partial charge >= 0.3 is 0 Å². The third-order valence-electron chi connectivity index (χ3n) is 1.12. The van der Waals surface area contributed by atoms with Crippen LogP contribution < -0.4 is 0 Å². The van der Waals surface area contributed by atoms with Crippen LogP contribution in [0, 0.1) is 0 Å². The Morgan fingerprint density at radius 1 is 0.444 bits per heavy atom. The highest BCUT2D eigenvalue weighted by molar-refractivity contribution is 9.37. The van der Waals surface area contributed by atoms with Crippen molar-refractivity contribution < 1.29 is 0 Å². The molecule has 0 amide bonds. The normalized spacial score (nSPS) is 34.0. The molecule has 0 nitrogen and oxygen atoms in total. The summed E-state index contributed by atoms with van der Waals surface area (Å²) in [5, 5.41) is 0. The van der Waals surface area contributed by atoms with Gasteiger partial charge in [-0.05, 0) is 0 Å². The average Bonchev–Trinajstić information content (AvgIpc) is 1.84. The zero-order chi connectivity index (χ0) is 7.50. The van der Waals surface area contributed by atoms with Crippen LogP contribution in [0.15, 0.2) is 0 Å². The number of rotatable bonds is 0. The summed E-state index contributed by atoms with van der Waals surface area (Å²) >= 11 is 20.7. The first-order chi connectivity index (χ1) is 3.75. The van der Waals surface area contributed by atoms with Crippen LogP contribution in [-0.4, -0.2) is 9.70 Å². The maximum Gasteiger partial charge on any atom is 0.135 e. The minimum Gasteiger partial charge on any atom is -0.0675 e. The zero-order valence-corrected chi connectivity index (χ0v) is 13.3. The lowest BCUT2D eigenvalue weighted by Crippen LogP contribution is -1.93. The lowest BCUT2D eigenvalue weighted by atomic mass is 11.0. The number of halogens is 6. The van der Waals surface area contributed by atoms with Gasteiger partial charge in [-0.3, -0.25) is 0 Å². The van der Waals surface area contributed by atoms with Crippen LogP contribution >= 0.6 is 95.6 Å². The molecule has 1 aliphatic rings. The molecule has 0 spiro atoms. The van der Waals surface area contributed by atoms with Crippen molar-refractivity contribution in [2.45, 2.75) is 9.70 Å². The molecule has 0 N–H and O–H groups in total. The molecule has 0 saturated heterocycles. The van der Waals surface area contributed by atoms with Gasteiger partial charge in [0.05, 0.1) is 0 Å². The Balaban J connectivity index is 2.91. The van der Waals surface area contributed by atoms with Crippen molar-refractivity contribution in [3.05, 3.63) is 0 Å². The number of alkyl halides is 6. The van der Waals surface area contributed by atoms with E-state index in [1.807, 2.05) is 0 Å². The summed E-state index contributed by atoms with van der Waals surface area (Å²) in [4.78, 5) is 0. The summed E-state index contributed by atoms with van der Waals surface area (Å²) in [5.74, 6) is 0. The quantitative estimate of drug-likeness (QED) is 0.418. The van der Waals surface area contributed by atoms with E-state index in [0.717, 1.165) is 0 Å². The highest BCUT2D eigenvalue weighted by Crippen LogP contribution is 2.82. The van der Waals surface area contributed by atoms with Crippen molar-refractivity contribution in [2.75, 3.05) is 0 Å². The fourth-order valence-electron chi connectivity index (χ4n) is 0.356. The first kappa shape index (κ1) is 9.96. The van der Waals surface area contributed by atoms with E-state index in [-0.39, 0.29) is 9.70 Å². The Morgan fingerprint density at radius 2 is 0.556 bits per heavy atom. The van der Waals surface area contributed by atoms with Crippen molar-refractivity contribution in [2.24, 2.45) is 0 Å². The van der Waals surface area contributed by atoms with E-state index in [2.05, 4.69) is 95.6 Å². The average molecular weight is 515 g/mol. The molecule has 1 fully saturated rings. The molecule has 0 atom stereocenters. The molecule has 0 aliphatic heterocycles. The van der Waals surface area contributed by atoms with E-state index in [9.17, 15) is 0 Å². The van der Waals surface area contributed by atoms with Crippen LogP contribution in [0.1, 0.15) is 0 Å². The van der Waals surface area contributed by atoms with Crippen molar-refractivity contribution in [3.63, 3.8) is 0 Å². The van der Waals surface area contributed by atoms with Gasteiger partial charge in [0.15, 0.2) is 0 Å². The standard InChI is InChI=1S/C3Br6/c4-1(5)2(6,7)3(1,8)9. The molecule has 1 saturated carbocycles. The van der Waals surface area contributed by atoms with Gasteiger partial charge in [-0.15, -0.1) is 0 Å². The highest BCUT2D eigenvalue weighted by Gasteiger charge is 2.83. The maximum atomic E-state index is 3.46. The molecule has 0 aromatic carbocycles. The van der Waals surface area contributed by atoms with Gasteiger partial charge in [-0.25, -0.2) is 0 Å². The van der Waals surface area contributed by atoms with Crippen LogP contribution in [0.2, 0.25) is 0 Å². The first-order valence-corrected chi connectivity index (χ1v) is 6.64. The highest BCUT2D eigenvalue weighted by atomic mass is 79.9. The minimum absolute atomic E-state index is 0.167. The minimum atomic E-state index is -0.167. The molecule has 54 valence electrons. The molecule has 6 heteroatoms. The fraction of sp³-hybridized carbons (Fsp3) is 1.00. The Morgan fingerprint density at radius 3 is 0.556 bits per heavy atom. The van der Waals surface area contributed by atoms with E-state index in [0.29, 0.717) is 0 Å². The summed E-state index contributed by atoms with van der Waals surface area (Å²) in [5.41, 5.74) is 0. The lowest BCUT2D eigenvalue weighted by molar-refractivity contribution is 1.46. The summed E-state index contributed by atoms with van der Waals surface area (Å²) in [6, 6.07) is 0. The van der Waals surface area contributed by atoms with Crippen LogP contribution in [0.4, 0.5) is 0 Å². The van der Waals surface area contributed by atoms with E-state index in [4.69, 9.17) is 0 Å². The van der Waals surface area contributed by atoms with Crippen LogP contribution in [0.5, 0.6) is 0 Å². The molecule has 0 bridgehead atoms. The molecule has 1 rings (SSSR count). The van der Waals surface area contributed by atoms with Gasteiger partial charge in [0.2, 0.25) is 0 Å². The van der Waals surface area contributed by atoms with Crippen LogP contribution in [0.25, 0.3) is 0 Å². The van der Waals surface area contributed by atoms with Crippen LogP contribution in [0.3, 0.4) is 0 Å². The molecule has 0 radical (unpaired) electrons. The fourth-order valence-corrected chi connectivity index (χ4v) is 6.52. The predicted molar refractivity (Wildman–Crippen MR) is 61.8 cm³/mol. The van der Waals surface area contributed by atoms with E-state index in [1.165, 1.54) is 0 Å². The number of hydrogen-bond acceptors (Lipinski definition) is 0. The topological polar surface area (TPSA) is 0 Å². The third kappa shape index (κ3) is 1.10. The van der Waals surface area contributed by atoms with Crippen molar-refractivity contribution in [1.82, 2.24) is 0 Å². The maximum absolute atomic E-state index is 3.46. The summed E-state index contributed by atoms with van der Waals surface area (Å²) < 4.78 is -0.500. The molecule has 0 heterocycles. The summed E-state index contributed by atoms with van der Waals surface area (Å²) in [7, 11) is 0. The molecular formula is C3Br6. The Hall–Kier alpha value is 2.88. The molecule has 0 unspecified atom stereocenters. The van der Waals surface area contributed by atoms with Crippen molar-refractivity contribution >= 4 is 95.6 Å². The largest absolute Gasteiger partial charge is 0.135 e. The zero-order valence-electron chi connectivity index (χ0n) is 3.77. The predicted octanol–water partition coefficient (Wildman–Crippen LogP) is 4.46. The van der Waals surface area contributed by atoms with Gasteiger partial charge < -0.3 is 0 Å². The molecular weight excluding hydrogens is 515 g/mol. The summed E-state index contributed by atoms with van der Waals surface area (Å²) in [6.07, 6.45) is 0. The van der Waals surface area contributed by atoms with Gasteiger partial charge in [0.1, 0.15) is 9.70 Å². The molecule has 1 aliphatic carbocycles. The SMILES string of the molecule is BrC1(Br)C(Br)(Br)C1(Br)Br. The number of hydrogen-bond donors (Lipinski definition) is 0. The lowest BCUT2D eigenvalue weighted by Gasteiger charge is -1.93. The third-order valence-corrected chi connectivity index (χ3v) is 14.6. The van der Waals surface area contributed by atoms with Gasteiger partial charge in [0, 0.05) is 0 Å². The second kappa shape index (κ2) is 2.44. The van der Waals surface area contributed by atoms with E-state index < -0.39 is 0 Å². The van der Waals surface area contributed by atoms with E-state index in [1.54, 1.807) is 0 Å². The van der Waals surface area contributed by atoms with Gasteiger partial charge in [-0.2, -0.15) is 0 Å². The van der Waals surface area contributed by atoms with Crippen molar-refractivity contribution in [1.29, 1.82) is 0 Å². The monoisotopic (exact) mass is 510 g/mol. The van der Waals surface area contributed by atoms with Gasteiger partial charge in [0.25, 0.3) is 0 Å². The Kier molecular flexibility index (Phi) is 2.70. The van der Waals surface area contributed by atoms with Crippen LogP contribution in [-0.2, 0) is 0 Å². The second-order valence-corrected chi connectivity index (χ2v) is 12.1. The summed E-state index contributed by atoms with van der Waals surface area (Å²) in [6.45, 7) is 0. The Labute approximate surface area is 104 Å².